The molecule has 1 aromatic rings. The van der Waals surface area contributed by atoms with E-state index in [0.29, 0.717) is 6.04 Å². The van der Waals surface area contributed by atoms with Crippen molar-refractivity contribution in [1.82, 2.24) is 5.32 Å². The van der Waals surface area contributed by atoms with Crippen LogP contribution in [0.15, 0.2) is 24.3 Å². The van der Waals surface area contributed by atoms with Crippen LogP contribution in [0.1, 0.15) is 33.3 Å². The third-order valence-corrected chi connectivity index (χ3v) is 3.77. The molecule has 1 aliphatic heterocycles. The lowest BCUT2D eigenvalue weighted by atomic mass is 9.87. The lowest BCUT2D eigenvalue weighted by molar-refractivity contribution is 0.221. The highest BCUT2D eigenvalue weighted by atomic mass is 16.3. The van der Waals surface area contributed by atoms with E-state index in [2.05, 4.69) is 62.2 Å². The molecule has 0 radical (unpaired) electrons. The predicted molar refractivity (Wildman–Crippen MR) is 80.8 cm³/mol. The minimum atomic E-state index is 0.172. The fraction of sp³-hybridized carbons (Fsp3) is 0.625. The third-order valence-electron chi connectivity index (χ3n) is 3.77. The summed E-state index contributed by atoms with van der Waals surface area (Å²) >= 11 is 0. The molecule has 2 atom stereocenters. The number of nitrogens with zero attached hydrogens (tertiary/aromatic N) is 1. The number of benzene rings is 1. The van der Waals surface area contributed by atoms with Gasteiger partial charge in [-0.3, -0.25) is 0 Å². The van der Waals surface area contributed by atoms with Crippen molar-refractivity contribution < 1.29 is 5.11 Å². The van der Waals surface area contributed by atoms with E-state index in [1.165, 1.54) is 11.3 Å². The molecular weight excluding hydrogens is 236 g/mol. The highest BCUT2D eigenvalue weighted by molar-refractivity contribution is 5.49. The Hall–Kier alpha value is -1.06. The second-order valence-corrected chi connectivity index (χ2v) is 6.65. The highest BCUT2D eigenvalue weighted by Crippen LogP contribution is 2.25. The first kappa shape index (κ1) is 14.4. The summed E-state index contributed by atoms with van der Waals surface area (Å²) in [6, 6.07) is 9.42. The van der Waals surface area contributed by atoms with Crippen LogP contribution in [0.25, 0.3) is 0 Å². The smallest absolute Gasteiger partial charge is 0.0602 e. The summed E-state index contributed by atoms with van der Waals surface area (Å²) in [6.45, 7) is 10.9. The first-order valence-electron chi connectivity index (χ1n) is 7.12. The van der Waals surface area contributed by atoms with Gasteiger partial charge in [-0.2, -0.15) is 0 Å². The number of nitrogens with one attached hydrogen (secondary N) is 1. The van der Waals surface area contributed by atoms with Gasteiger partial charge in [-0.25, -0.2) is 0 Å². The van der Waals surface area contributed by atoms with Crippen LogP contribution in [0, 0.1) is 0 Å². The number of piperazine rings is 1. The maximum Gasteiger partial charge on any atom is 0.0602 e. The zero-order valence-electron chi connectivity index (χ0n) is 12.5. The van der Waals surface area contributed by atoms with E-state index in [0.717, 1.165) is 13.1 Å². The molecular formula is C16H26N2O. The molecule has 2 unspecified atom stereocenters. The average Bonchev–Trinajstić information content (AvgIpc) is 2.37. The Morgan fingerprint density at radius 1 is 1.21 bits per heavy atom. The molecule has 0 amide bonds. The number of hydrogen-bond acceptors (Lipinski definition) is 3. The molecule has 1 aromatic carbocycles. The van der Waals surface area contributed by atoms with Crippen molar-refractivity contribution in [2.24, 2.45) is 0 Å². The van der Waals surface area contributed by atoms with Gasteiger partial charge >= 0.3 is 0 Å². The second kappa shape index (κ2) is 5.51. The maximum absolute atomic E-state index is 9.34. The minimum absolute atomic E-state index is 0.172. The first-order valence-corrected chi connectivity index (χ1v) is 7.12. The molecule has 1 fully saturated rings. The van der Waals surface area contributed by atoms with Gasteiger partial charge in [-0.15, -0.1) is 0 Å². The Kier molecular flexibility index (Phi) is 4.16. The normalized spacial score (nSPS) is 24.6. The van der Waals surface area contributed by atoms with Crippen molar-refractivity contribution in [2.45, 2.75) is 45.2 Å². The summed E-state index contributed by atoms with van der Waals surface area (Å²) < 4.78 is 0. The Morgan fingerprint density at radius 3 is 2.37 bits per heavy atom. The number of hydrogen-bond donors (Lipinski definition) is 2. The van der Waals surface area contributed by atoms with E-state index in [1.54, 1.807) is 0 Å². The largest absolute Gasteiger partial charge is 0.395 e. The van der Waals surface area contributed by atoms with E-state index < -0.39 is 0 Å². The standard InChI is InChI=1S/C16H26N2O/c1-12-9-18(10-14(11-19)17-12)15-7-5-13(6-8-15)16(2,3)4/h5-8,12,14,17,19H,9-11H2,1-4H3. The average molecular weight is 262 g/mol. The van der Waals surface area contributed by atoms with Gasteiger partial charge in [0.25, 0.3) is 0 Å². The SMILES string of the molecule is CC1CN(c2ccc(C(C)(C)C)cc2)CC(CO)N1. The summed E-state index contributed by atoms with van der Waals surface area (Å²) in [5.74, 6) is 0. The molecule has 2 N–H and O–H groups in total. The molecule has 0 saturated carbocycles. The van der Waals surface area contributed by atoms with Gasteiger partial charge in [-0.1, -0.05) is 32.9 Å². The lowest BCUT2D eigenvalue weighted by Crippen LogP contribution is -2.56. The van der Waals surface area contributed by atoms with Crippen molar-refractivity contribution in [3.8, 4) is 0 Å². The molecule has 2 rings (SSSR count). The Balaban J connectivity index is 2.13. The maximum atomic E-state index is 9.34. The minimum Gasteiger partial charge on any atom is -0.395 e. The fourth-order valence-electron chi connectivity index (χ4n) is 2.67. The van der Waals surface area contributed by atoms with Crippen molar-refractivity contribution >= 4 is 5.69 Å². The van der Waals surface area contributed by atoms with E-state index >= 15 is 0 Å². The van der Waals surface area contributed by atoms with Crippen LogP contribution in [-0.4, -0.2) is 36.9 Å². The number of rotatable bonds is 2. The van der Waals surface area contributed by atoms with Gasteiger partial charge in [0.15, 0.2) is 0 Å². The quantitative estimate of drug-likeness (QED) is 0.857. The van der Waals surface area contributed by atoms with Gasteiger partial charge in [0.05, 0.1) is 6.61 Å². The van der Waals surface area contributed by atoms with E-state index in [9.17, 15) is 5.11 Å². The van der Waals surface area contributed by atoms with Crippen LogP contribution in [0.4, 0.5) is 5.69 Å². The van der Waals surface area contributed by atoms with Crippen molar-refractivity contribution in [3.05, 3.63) is 29.8 Å². The van der Waals surface area contributed by atoms with Crippen LogP contribution in [0.5, 0.6) is 0 Å². The number of anilines is 1. The van der Waals surface area contributed by atoms with Crippen LogP contribution in [0.2, 0.25) is 0 Å². The van der Waals surface area contributed by atoms with Gasteiger partial charge in [0.1, 0.15) is 0 Å². The Morgan fingerprint density at radius 2 is 1.84 bits per heavy atom. The summed E-state index contributed by atoms with van der Waals surface area (Å²) in [5, 5.41) is 12.7. The van der Waals surface area contributed by atoms with E-state index in [-0.39, 0.29) is 18.1 Å². The zero-order valence-corrected chi connectivity index (χ0v) is 12.5. The van der Waals surface area contributed by atoms with Gasteiger partial charge < -0.3 is 15.3 Å². The van der Waals surface area contributed by atoms with Crippen LogP contribution in [-0.2, 0) is 5.41 Å². The first-order chi connectivity index (χ1) is 8.90. The van der Waals surface area contributed by atoms with Gasteiger partial charge in [-0.05, 0) is 30.0 Å². The summed E-state index contributed by atoms with van der Waals surface area (Å²) in [5.41, 5.74) is 2.81. The second-order valence-electron chi connectivity index (χ2n) is 6.65. The van der Waals surface area contributed by atoms with Gasteiger partial charge in [0, 0.05) is 30.9 Å². The van der Waals surface area contributed by atoms with Crippen LogP contribution < -0.4 is 10.2 Å². The van der Waals surface area contributed by atoms with Crippen LogP contribution >= 0.6 is 0 Å². The zero-order chi connectivity index (χ0) is 14.0. The summed E-state index contributed by atoms with van der Waals surface area (Å²) in [6.07, 6.45) is 0. The van der Waals surface area contributed by atoms with Crippen molar-refractivity contribution in [1.29, 1.82) is 0 Å². The molecule has 1 heterocycles. The number of aliphatic hydroxyl groups is 1. The molecule has 3 heteroatoms. The van der Waals surface area contributed by atoms with Crippen LogP contribution in [0.3, 0.4) is 0 Å². The number of aliphatic hydroxyl groups excluding tert-OH is 1. The summed E-state index contributed by atoms with van der Waals surface area (Å²) in [4.78, 5) is 2.36. The molecule has 0 aliphatic carbocycles. The predicted octanol–water partition coefficient (Wildman–Crippen LogP) is 2.14. The topological polar surface area (TPSA) is 35.5 Å². The molecule has 106 valence electrons. The lowest BCUT2D eigenvalue weighted by Gasteiger charge is -2.38. The molecule has 19 heavy (non-hydrogen) atoms. The molecule has 1 saturated heterocycles. The van der Waals surface area contributed by atoms with E-state index in [1.807, 2.05) is 0 Å². The third kappa shape index (κ3) is 3.48. The Labute approximate surface area is 116 Å². The molecule has 3 nitrogen and oxygen atoms in total. The highest BCUT2D eigenvalue weighted by Gasteiger charge is 2.23. The monoisotopic (exact) mass is 262 g/mol. The van der Waals surface area contributed by atoms with Gasteiger partial charge in [0.2, 0.25) is 0 Å². The van der Waals surface area contributed by atoms with Crippen molar-refractivity contribution in [3.63, 3.8) is 0 Å². The van der Waals surface area contributed by atoms with Crippen molar-refractivity contribution in [2.75, 3.05) is 24.6 Å². The Bertz CT molecular complexity index is 408. The molecule has 0 bridgehead atoms. The molecule has 0 aromatic heterocycles. The molecule has 1 aliphatic rings. The fourth-order valence-corrected chi connectivity index (χ4v) is 2.67. The molecule has 0 spiro atoms. The van der Waals surface area contributed by atoms with E-state index in [4.69, 9.17) is 0 Å². The summed E-state index contributed by atoms with van der Waals surface area (Å²) in [7, 11) is 0.